The first-order chi connectivity index (χ1) is 21.3. The van der Waals surface area contributed by atoms with E-state index in [-0.39, 0.29) is 0 Å². The normalized spacial score (nSPS) is 12.2. The predicted molar refractivity (Wildman–Crippen MR) is 186 cm³/mol. The summed E-state index contributed by atoms with van der Waals surface area (Å²) in [6.45, 7) is 0. The highest BCUT2D eigenvalue weighted by Gasteiger charge is 2.18. The van der Waals surface area contributed by atoms with Crippen LogP contribution in [0, 0.1) is 0 Å². The molecular weight excluding hydrogens is 541 g/mol. The Balaban J connectivity index is 1.22. The Morgan fingerprint density at radius 3 is 1.86 bits per heavy atom. The fourth-order valence-corrected chi connectivity index (χ4v) is 8.42. The van der Waals surface area contributed by atoms with Gasteiger partial charge in [0.25, 0.3) is 0 Å². The molecule has 0 saturated heterocycles. The molecule has 3 heterocycles. The average molecular weight is 565 g/mol. The number of para-hydroxylation sites is 2. The Labute approximate surface area is 251 Å². The van der Waals surface area contributed by atoms with Crippen LogP contribution in [-0.4, -0.2) is 9.55 Å². The number of nitrogens with one attached hydrogen (secondary N) is 1. The molecule has 3 heteroatoms. The number of nitrogens with zero attached hydrogens (tertiary/aromatic N) is 1. The summed E-state index contributed by atoms with van der Waals surface area (Å²) in [5, 5.41) is 10.4. The van der Waals surface area contributed by atoms with Crippen LogP contribution in [0.1, 0.15) is 0 Å². The van der Waals surface area contributed by atoms with Gasteiger partial charge in [0.2, 0.25) is 0 Å². The van der Waals surface area contributed by atoms with Gasteiger partial charge in [-0.2, -0.15) is 0 Å². The van der Waals surface area contributed by atoms with E-state index in [0.717, 1.165) is 0 Å². The molecule has 0 unspecified atom stereocenters. The zero-order valence-corrected chi connectivity index (χ0v) is 24.0. The first-order valence-electron chi connectivity index (χ1n) is 14.7. The van der Waals surface area contributed by atoms with Crippen molar-refractivity contribution in [3.63, 3.8) is 0 Å². The zero-order valence-electron chi connectivity index (χ0n) is 23.1. The van der Waals surface area contributed by atoms with Gasteiger partial charge in [-0.25, -0.2) is 0 Å². The van der Waals surface area contributed by atoms with Crippen LogP contribution < -0.4 is 0 Å². The second-order valence-corrected chi connectivity index (χ2v) is 12.5. The van der Waals surface area contributed by atoms with Crippen molar-refractivity contribution in [2.45, 2.75) is 0 Å². The van der Waals surface area contributed by atoms with Gasteiger partial charge in [-0.3, -0.25) is 0 Å². The molecule has 0 spiro atoms. The number of rotatable bonds is 2. The van der Waals surface area contributed by atoms with Crippen LogP contribution in [0.15, 0.2) is 140 Å². The van der Waals surface area contributed by atoms with Crippen LogP contribution in [0.25, 0.3) is 91.4 Å². The highest BCUT2D eigenvalue weighted by Crippen LogP contribution is 2.45. The van der Waals surface area contributed by atoms with Crippen LogP contribution in [0.2, 0.25) is 0 Å². The highest BCUT2D eigenvalue weighted by molar-refractivity contribution is 7.26. The Bertz CT molecular complexity index is 2720. The molecule has 0 bridgehead atoms. The van der Waals surface area contributed by atoms with E-state index in [0.29, 0.717) is 0 Å². The average Bonchev–Trinajstić information content (AvgIpc) is 3.73. The fraction of sp³-hybridized carbons (Fsp3) is 0. The van der Waals surface area contributed by atoms with Crippen molar-refractivity contribution in [1.29, 1.82) is 0 Å². The van der Waals surface area contributed by atoms with Crippen molar-refractivity contribution >= 4 is 85.9 Å². The Morgan fingerprint density at radius 1 is 0.442 bits per heavy atom. The third kappa shape index (κ3) is 3.17. The minimum atomic E-state index is 1.18. The van der Waals surface area contributed by atoms with Crippen LogP contribution in [0.5, 0.6) is 0 Å². The molecule has 0 radical (unpaired) electrons. The van der Waals surface area contributed by atoms with E-state index in [1.165, 1.54) is 91.4 Å². The number of hydrogen-bond donors (Lipinski definition) is 1. The maximum absolute atomic E-state index is 3.90. The van der Waals surface area contributed by atoms with Gasteiger partial charge in [-0.1, -0.05) is 97.1 Å². The van der Waals surface area contributed by atoms with E-state index in [9.17, 15) is 0 Å². The number of thiophene rings is 1. The van der Waals surface area contributed by atoms with E-state index in [1.807, 2.05) is 11.3 Å². The third-order valence-electron chi connectivity index (χ3n) is 9.12. The monoisotopic (exact) mass is 564 g/mol. The molecule has 0 fully saturated rings. The third-order valence-corrected chi connectivity index (χ3v) is 10.3. The quantitative estimate of drug-likeness (QED) is 0.202. The van der Waals surface area contributed by atoms with E-state index >= 15 is 0 Å². The molecule has 0 atom stereocenters. The molecule has 0 aliphatic carbocycles. The molecule has 10 rings (SSSR count). The van der Waals surface area contributed by atoms with Crippen molar-refractivity contribution in [3.05, 3.63) is 140 Å². The van der Waals surface area contributed by atoms with Gasteiger partial charge in [0.05, 0.1) is 26.8 Å². The lowest BCUT2D eigenvalue weighted by atomic mass is 9.98. The summed E-state index contributed by atoms with van der Waals surface area (Å²) in [5.74, 6) is 0. The lowest BCUT2D eigenvalue weighted by Gasteiger charge is -2.08. The zero-order chi connectivity index (χ0) is 28.1. The Morgan fingerprint density at radius 2 is 1.05 bits per heavy atom. The number of hydrogen-bond acceptors (Lipinski definition) is 1. The van der Waals surface area contributed by atoms with Crippen LogP contribution >= 0.6 is 11.3 Å². The number of aromatic amines is 1. The van der Waals surface area contributed by atoms with Crippen molar-refractivity contribution in [2.75, 3.05) is 0 Å². The highest BCUT2D eigenvalue weighted by atomic mass is 32.1. The van der Waals surface area contributed by atoms with Crippen molar-refractivity contribution < 1.29 is 0 Å². The molecule has 0 amide bonds. The number of H-pyrrole nitrogens is 1. The number of aromatic nitrogens is 2. The van der Waals surface area contributed by atoms with E-state index in [4.69, 9.17) is 0 Å². The van der Waals surface area contributed by atoms with Gasteiger partial charge in [-0.15, -0.1) is 11.3 Å². The maximum atomic E-state index is 3.90. The van der Waals surface area contributed by atoms with Crippen molar-refractivity contribution in [1.82, 2.24) is 9.55 Å². The topological polar surface area (TPSA) is 20.7 Å². The SMILES string of the molecule is c1ccc(-n2c3ccccc3c3cc(-c4ccc5sc6c([nH]c7c8ccccc8c8ccccc8c76)c5c4)ccc32)cc1. The molecule has 0 aliphatic heterocycles. The lowest BCUT2D eigenvalue weighted by Crippen LogP contribution is -1.92. The Hall–Kier alpha value is -5.38. The summed E-state index contributed by atoms with van der Waals surface area (Å²) in [4.78, 5) is 3.90. The smallest absolute Gasteiger partial charge is 0.0655 e. The van der Waals surface area contributed by atoms with E-state index in [2.05, 4.69) is 149 Å². The molecule has 1 N–H and O–H groups in total. The second-order valence-electron chi connectivity index (χ2n) is 11.4. The van der Waals surface area contributed by atoms with Crippen molar-refractivity contribution in [2.24, 2.45) is 0 Å². The summed E-state index contributed by atoms with van der Waals surface area (Å²) in [6.07, 6.45) is 0. The van der Waals surface area contributed by atoms with Gasteiger partial charge < -0.3 is 9.55 Å². The molecule has 43 heavy (non-hydrogen) atoms. The number of fused-ring (bicyclic) bond motifs is 13. The molecule has 200 valence electrons. The maximum Gasteiger partial charge on any atom is 0.0655 e. The van der Waals surface area contributed by atoms with Crippen molar-refractivity contribution in [3.8, 4) is 16.8 Å². The minimum absolute atomic E-state index is 1.18. The summed E-state index contributed by atoms with van der Waals surface area (Å²) >= 11 is 1.90. The van der Waals surface area contributed by atoms with Crippen LogP contribution in [0.3, 0.4) is 0 Å². The molecule has 0 saturated carbocycles. The molecule has 10 aromatic rings. The van der Waals surface area contributed by atoms with Gasteiger partial charge in [0.1, 0.15) is 0 Å². The summed E-state index contributed by atoms with van der Waals surface area (Å²) in [6, 6.07) is 50.9. The first kappa shape index (κ1) is 23.2. The molecular formula is C40H24N2S. The first-order valence-corrected chi connectivity index (χ1v) is 15.5. The Kier molecular flexibility index (Phi) is 4.63. The molecule has 7 aromatic carbocycles. The summed E-state index contributed by atoms with van der Waals surface area (Å²) < 4.78 is 5.02. The predicted octanol–water partition coefficient (Wildman–Crippen LogP) is 11.6. The fourth-order valence-electron chi connectivity index (χ4n) is 7.22. The lowest BCUT2D eigenvalue weighted by molar-refractivity contribution is 1.18. The standard InChI is InChI=1S/C40H24N2S/c1-2-10-26(11-3-1)42-34-17-9-8-14-29(34)32-22-24(18-20-35(32)42)25-19-21-36-33(23-25)39-40(43-36)37-30-15-6-4-12-27(30)28-13-5-7-16-31(28)38(37)41-39/h1-23,41H. The minimum Gasteiger partial charge on any atom is -0.353 e. The molecule has 3 aromatic heterocycles. The van der Waals surface area contributed by atoms with E-state index in [1.54, 1.807) is 0 Å². The second kappa shape index (κ2) is 8.57. The van der Waals surface area contributed by atoms with Gasteiger partial charge in [-0.05, 0) is 69.8 Å². The molecule has 2 nitrogen and oxygen atoms in total. The number of benzene rings is 7. The van der Waals surface area contributed by atoms with Crippen LogP contribution in [0.4, 0.5) is 0 Å². The molecule has 0 aliphatic rings. The van der Waals surface area contributed by atoms with Gasteiger partial charge in [0, 0.05) is 37.3 Å². The van der Waals surface area contributed by atoms with Gasteiger partial charge in [0.15, 0.2) is 0 Å². The van der Waals surface area contributed by atoms with E-state index < -0.39 is 0 Å². The summed E-state index contributed by atoms with van der Waals surface area (Å²) in [5.41, 5.74) is 8.58. The largest absolute Gasteiger partial charge is 0.353 e. The summed E-state index contributed by atoms with van der Waals surface area (Å²) in [7, 11) is 0. The van der Waals surface area contributed by atoms with Crippen LogP contribution in [-0.2, 0) is 0 Å². The van der Waals surface area contributed by atoms with Gasteiger partial charge >= 0.3 is 0 Å².